The largest absolute Gasteiger partial charge is 0.483 e. The number of ether oxygens (including phenoxy) is 1. The van der Waals surface area contributed by atoms with Crippen molar-refractivity contribution >= 4 is 27.5 Å². The minimum absolute atomic E-state index is 0.0129. The van der Waals surface area contributed by atoms with Gasteiger partial charge in [0.2, 0.25) is 0 Å². The molecule has 1 amide bonds. The number of rotatable bonds is 4. The van der Waals surface area contributed by atoms with Gasteiger partial charge < -0.3 is 10.1 Å². The summed E-state index contributed by atoms with van der Waals surface area (Å²) >= 11 is 3.41. The zero-order valence-electron chi connectivity index (χ0n) is 13.9. The molecule has 0 spiro atoms. The molecular formula is C19H22BrNO2. The molecular weight excluding hydrogens is 354 g/mol. The predicted octanol–water partition coefficient (Wildman–Crippen LogP) is 5.07. The van der Waals surface area contributed by atoms with Crippen LogP contribution in [0.4, 0.5) is 5.69 Å². The average Bonchev–Trinajstić information content (AvgIpc) is 2.46. The predicted molar refractivity (Wildman–Crippen MR) is 98.1 cm³/mol. The molecule has 2 aromatic carbocycles. The Balaban J connectivity index is 2.03. The summed E-state index contributed by atoms with van der Waals surface area (Å²) in [7, 11) is 0. The highest BCUT2D eigenvalue weighted by Gasteiger charge is 2.18. The molecule has 2 aromatic rings. The third kappa shape index (κ3) is 4.83. The number of benzene rings is 2. The van der Waals surface area contributed by atoms with Crippen LogP contribution in [-0.4, -0.2) is 12.5 Å². The number of carbonyl (C=O) groups excluding carboxylic acids is 1. The average molecular weight is 376 g/mol. The second-order valence-electron chi connectivity index (χ2n) is 6.54. The molecule has 0 fully saturated rings. The van der Waals surface area contributed by atoms with Crippen LogP contribution in [0, 0.1) is 6.92 Å². The minimum atomic E-state index is -0.163. The number of amides is 1. The molecule has 0 atom stereocenters. The van der Waals surface area contributed by atoms with Gasteiger partial charge >= 0.3 is 0 Å². The summed E-state index contributed by atoms with van der Waals surface area (Å²) in [5, 5.41) is 2.94. The molecule has 0 aliphatic heterocycles. The fourth-order valence-corrected chi connectivity index (χ4v) is 2.83. The highest BCUT2D eigenvalue weighted by atomic mass is 79.9. The lowest BCUT2D eigenvalue weighted by atomic mass is 9.86. The Labute approximate surface area is 146 Å². The minimum Gasteiger partial charge on any atom is -0.483 e. The zero-order chi connectivity index (χ0) is 17.0. The molecule has 23 heavy (non-hydrogen) atoms. The molecule has 0 bridgehead atoms. The van der Waals surface area contributed by atoms with Crippen LogP contribution in [0.15, 0.2) is 46.9 Å². The van der Waals surface area contributed by atoms with Gasteiger partial charge in [0.15, 0.2) is 6.61 Å². The van der Waals surface area contributed by atoms with Crippen molar-refractivity contribution in [2.75, 3.05) is 11.9 Å². The number of nitrogens with one attached hydrogen (secondary N) is 1. The van der Waals surface area contributed by atoms with Crippen LogP contribution in [0.2, 0.25) is 0 Å². The third-order valence-electron chi connectivity index (χ3n) is 3.50. The molecule has 0 saturated heterocycles. The van der Waals surface area contributed by atoms with E-state index in [2.05, 4.69) is 42.0 Å². The van der Waals surface area contributed by atoms with E-state index in [1.165, 1.54) is 0 Å². The van der Waals surface area contributed by atoms with E-state index < -0.39 is 0 Å². The maximum absolute atomic E-state index is 12.2. The normalized spacial score (nSPS) is 11.2. The Bertz CT molecular complexity index is 705. The zero-order valence-corrected chi connectivity index (χ0v) is 15.5. The van der Waals surface area contributed by atoms with Gasteiger partial charge in [-0.05, 0) is 47.7 Å². The molecule has 0 saturated carbocycles. The molecule has 122 valence electrons. The second-order valence-corrected chi connectivity index (χ2v) is 7.46. The number of halogens is 1. The summed E-state index contributed by atoms with van der Waals surface area (Å²) in [6, 6.07) is 13.6. The van der Waals surface area contributed by atoms with Crippen LogP contribution in [0.5, 0.6) is 5.75 Å². The maximum Gasteiger partial charge on any atom is 0.262 e. The highest BCUT2D eigenvalue weighted by Crippen LogP contribution is 2.29. The van der Waals surface area contributed by atoms with Gasteiger partial charge in [-0.2, -0.15) is 0 Å². The molecule has 0 heterocycles. The van der Waals surface area contributed by atoms with E-state index in [0.717, 1.165) is 21.3 Å². The Morgan fingerprint density at radius 2 is 1.87 bits per heavy atom. The number of hydrogen-bond acceptors (Lipinski definition) is 2. The summed E-state index contributed by atoms with van der Waals surface area (Å²) < 4.78 is 6.61. The Kier molecular flexibility index (Phi) is 5.47. The summed E-state index contributed by atoms with van der Waals surface area (Å²) in [6.45, 7) is 8.31. The van der Waals surface area contributed by atoms with Crippen LogP contribution in [-0.2, 0) is 10.2 Å². The Morgan fingerprint density at radius 3 is 2.52 bits per heavy atom. The lowest BCUT2D eigenvalue weighted by molar-refractivity contribution is -0.118. The van der Waals surface area contributed by atoms with E-state index in [-0.39, 0.29) is 17.9 Å². The van der Waals surface area contributed by atoms with Crippen molar-refractivity contribution in [2.24, 2.45) is 0 Å². The monoisotopic (exact) mass is 375 g/mol. The van der Waals surface area contributed by atoms with E-state index in [1.54, 1.807) is 0 Å². The van der Waals surface area contributed by atoms with Crippen molar-refractivity contribution in [3.63, 3.8) is 0 Å². The molecule has 0 aliphatic rings. The first-order valence-corrected chi connectivity index (χ1v) is 8.35. The van der Waals surface area contributed by atoms with Crippen LogP contribution in [0.3, 0.4) is 0 Å². The lowest BCUT2D eigenvalue weighted by Gasteiger charge is -2.23. The van der Waals surface area contributed by atoms with E-state index in [1.807, 2.05) is 49.4 Å². The van der Waals surface area contributed by atoms with Gasteiger partial charge in [0.05, 0.1) is 0 Å². The van der Waals surface area contributed by atoms with Crippen molar-refractivity contribution in [3.05, 3.63) is 58.1 Å². The number of carbonyl (C=O) groups is 1. The SMILES string of the molecule is Cc1cc(Br)ccc1OCC(=O)Nc1ccccc1C(C)(C)C. The molecule has 1 N–H and O–H groups in total. The van der Waals surface area contributed by atoms with Gasteiger partial charge in [0.1, 0.15) is 5.75 Å². The van der Waals surface area contributed by atoms with E-state index >= 15 is 0 Å². The van der Waals surface area contributed by atoms with Gasteiger partial charge in [0.25, 0.3) is 5.91 Å². The molecule has 4 heteroatoms. The van der Waals surface area contributed by atoms with Crippen molar-refractivity contribution < 1.29 is 9.53 Å². The first-order chi connectivity index (χ1) is 10.8. The molecule has 3 nitrogen and oxygen atoms in total. The van der Waals surface area contributed by atoms with E-state index in [4.69, 9.17) is 4.74 Å². The third-order valence-corrected chi connectivity index (χ3v) is 4.00. The quantitative estimate of drug-likeness (QED) is 0.809. The van der Waals surface area contributed by atoms with Crippen molar-refractivity contribution in [1.29, 1.82) is 0 Å². The topological polar surface area (TPSA) is 38.3 Å². The van der Waals surface area contributed by atoms with E-state index in [9.17, 15) is 4.79 Å². The number of para-hydroxylation sites is 1. The van der Waals surface area contributed by atoms with Crippen LogP contribution >= 0.6 is 15.9 Å². The second kappa shape index (κ2) is 7.18. The molecule has 0 aliphatic carbocycles. The number of aryl methyl sites for hydroxylation is 1. The van der Waals surface area contributed by atoms with Crippen LogP contribution in [0.1, 0.15) is 31.9 Å². The molecule has 0 unspecified atom stereocenters. The standard InChI is InChI=1S/C19H22BrNO2/c1-13-11-14(20)9-10-17(13)23-12-18(22)21-16-8-6-5-7-15(16)19(2,3)4/h5-11H,12H2,1-4H3,(H,21,22). The van der Waals surface area contributed by atoms with Gasteiger partial charge in [-0.1, -0.05) is 54.9 Å². The number of anilines is 1. The summed E-state index contributed by atoms with van der Waals surface area (Å²) in [5.74, 6) is 0.552. The molecule has 0 aromatic heterocycles. The van der Waals surface area contributed by atoms with Gasteiger partial charge in [-0.15, -0.1) is 0 Å². The van der Waals surface area contributed by atoms with Crippen molar-refractivity contribution in [1.82, 2.24) is 0 Å². The van der Waals surface area contributed by atoms with Crippen molar-refractivity contribution in [2.45, 2.75) is 33.1 Å². The number of hydrogen-bond donors (Lipinski definition) is 1. The smallest absolute Gasteiger partial charge is 0.262 e. The van der Waals surface area contributed by atoms with E-state index in [0.29, 0.717) is 5.75 Å². The fourth-order valence-electron chi connectivity index (χ4n) is 2.35. The van der Waals surface area contributed by atoms with Gasteiger partial charge in [-0.3, -0.25) is 4.79 Å². The summed E-state index contributed by atoms with van der Waals surface area (Å²) in [5.41, 5.74) is 2.89. The molecule has 0 radical (unpaired) electrons. The Hall–Kier alpha value is -1.81. The van der Waals surface area contributed by atoms with Crippen molar-refractivity contribution in [3.8, 4) is 5.75 Å². The van der Waals surface area contributed by atoms with Crippen LogP contribution in [0.25, 0.3) is 0 Å². The highest BCUT2D eigenvalue weighted by molar-refractivity contribution is 9.10. The maximum atomic E-state index is 12.2. The van der Waals surface area contributed by atoms with Gasteiger partial charge in [-0.25, -0.2) is 0 Å². The molecule has 2 rings (SSSR count). The first kappa shape index (κ1) is 17.5. The Morgan fingerprint density at radius 1 is 1.17 bits per heavy atom. The first-order valence-electron chi connectivity index (χ1n) is 7.55. The summed E-state index contributed by atoms with van der Waals surface area (Å²) in [6.07, 6.45) is 0. The summed E-state index contributed by atoms with van der Waals surface area (Å²) in [4.78, 5) is 12.2. The fraction of sp³-hybridized carbons (Fsp3) is 0.316. The lowest BCUT2D eigenvalue weighted by Crippen LogP contribution is -2.23. The van der Waals surface area contributed by atoms with Crippen LogP contribution < -0.4 is 10.1 Å². The van der Waals surface area contributed by atoms with Gasteiger partial charge in [0, 0.05) is 10.2 Å².